The summed E-state index contributed by atoms with van der Waals surface area (Å²) in [7, 11) is 0. The quantitative estimate of drug-likeness (QED) is 0.419. The summed E-state index contributed by atoms with van der Waals surface area (Å²) in [6.45, 7) is 2.70. The maximum absolute atomic E-state index is 13.5. The van der Waals surface area contributed by atoms with Crippen molar-refractivity contribution in [1.82, 2.24) is 14.5 Å². The molecule has 1 aromatic heterocycles. The Labute approximate surface area is 194 Å². The van der Waals surface area contributed by atoms with Crippen molar-refractivity contribution in [3.63, 3.8) is 0 Å². The van der Waals surface area contributed by atoms with Crippen LogP contribution in [-0.4, -0.2) is 26.5 Å². The second-order valence-electron chi connectivity index (χ2n) is 8.24. The molecule has 0 aliphatic carbocycles. The van der Waals surface area contributed by atoms with Crippen LogP contribution < -0.4 is 5.32 Å². The van der Waals surface area contributed by atoms with Gasteiger partial charge < -0.3 is 5.32 Å². The minimum absolute atomic E-state index is 0.00593. The van der Waals surface area contributed by atoms with Gasteiger partial charge in [0.25, 0.3) is 0 Å². The number of carbonyl (C=O) groups is 1. The van der Waals surface area contributed by atoms with E-state index in [0.29, 0.717) is 10.5 Å². The van der Waals surface area contributed by atoms with Crippen molar-refractivity contribution in [1.29, 1.82) is 0 Å². The smallest absolute Gasteiger partial charge is 0.339 e. The van der Waals surface area contributed by atoms with E-state index in [4.69, 9.17) is 0 Å². The van der Waals surface area contributed by atoms with Crippen molar-refractivity contribution in [2.24, 2.45) is 0 Å². The highest BCUT2D eigenvalue weighted by Crippen LogP contribution is 2.41. The van der Waals surface area contributed by atoms with Crippen LogP contribution in [0.15, 0.2) is 54.7 Å². The first-order valence-corrected chi connectivity index (χ1v) is 10.1. The Kier molecular flexibility index (Phi) is 5.65. The summed E-state index contributed by atoms with van der Waals surface area (Å²) < 4.78 is 93.9. The number of nitrogens with one attached hydrogen (secondary N) is 1. The van der Waals surface area contributed by atoms with Crippen LogP contribution in [0.25, 0.3) is 17.5 Å². The number of alkyl halides is 6. The fraction of sp³-hybridized carbons (Fsp3) is 0.217. The zero-order chi connectivity index (χ0) is 25.8. The lowest BCUT2D eigenvalue weighted by molar-refractivity contribution is -0.187. The molecule has 2 heterocycles. The fourth-order valence-corrected chi connectivity index (χ4v) is 3.73. The van der Waals surface area contributed by atoms with Gasteiger partial charge in [0.2, 0.25) is 0 Å². The third-order valence-electron chi connectivity index (χ3n) is 5.46. The van der Waals surface area contributed by atoms with E-state index >= 15 is 0 Å². The first-order chi connectivity index (χ1) is 16.2. The lowest BCUT2D eigenvalue weighted by Crippen LogP contribution is -2.50. The summed E-state index contributed by atoms with van der Waals surface area (Å²) in [6, 6.07) is 9.35. The van der Waals surface area contributed by atoms with Gasteiger partial charge in [0.1, 0.15) is 28.7 Å². The Morgan fingerprint density at radius 3 is 2.23 bits per heavy atom. The molecule has 2 aromatic carbocycles. The molecule has 1 aliphatic rings. The average molecular weight is 498 g/mol. The van der Waals surface area contributed by atoms with E-state index in [0.717, 1.165) is 36.7 Å². The maximum atomic E-state index is 13.5. The summed E-state index contributed by atoms with van der Waals surface area (Å²) in [5.74, 6) is -2.53. The molecule has 1 amide bonds. The van der Waals surface area contributed by atoms with Crippen LogP contribution in [0.5, 0.6) is 0 Å². The number of hydrogen-bond acceptors (Lipinski definition) is 3. The number of fused-ring (bicyclic) bond motifs is 1. The summed E-state index contributed by atoms with van der Waals surface area (Å²) in [4.78, 5) is 16.9. The molecule has 0 spiro atoms. The Morgan fingerprint density at radius 2 is 1.63 bits per heavy atom. The Balaban J connectivity index is 1.87. The number of benzene rings is 2. The molecule has 5 nitrogen and oxygen atoms in total. The monoisotopic (exact) mass is 498 g/mol. The predicted octanol–water partition coefficient (Wildman–Crippen LogP) is 6.52. The van der Waals surface area contributed by atoms with Crippen LogP contribution >= 0.6 is 0 Å². The highest BCUT2D eigenvalue weighted by Gasteiger charge is 2.49. The van der Waals surface area contributed by atoms with Gasteiger partial charge in [-0.25, -0.2) is 9.37 Å². The third kappa shape index (κ3) is 4.47. The van der Waals surface area contributed by atoms with Crippen molar-refractivity contribution >= 4 is 23.6 Å². The van der Waals surface area contributed by atoms with Gasteiger partial charge in [-0.3, -0.25) is 14.3 Å². The normalized spacial score (nSPS) is 15.2. The van der Waals surface area contributed by atoms with Crippen molar-refractivity contribution in [3.8, 4) is 11.3 Å². The molecule has 0 saturated carbocycles. The second kappa shape index (κ2) is 8.14. The van der Waals surface area contributed by atoms with Crippen LogP contribution in [0.4, 0.5) is 42.2 Å². The van der Waals surface area contributed by atoms with E-state index in [9.17, 15) is 35.5 Å². The number of hydrogen-bond donors (Lipinski definition) is 1. The molecule has 4 rings (SSSR count). The molecule has 0 bridgehead atoms. The molecule has 3 aromatic rings. The van der Waals surface area contributed by atoms with Gasteiger partial charge in [0.15, 0.2) is 0 Å². The van der Waals surface area contributed by atoms with Crippen LogP contribution in [0.1, 0.15) is 25.2 Å². The molecule has 0 unspecified atom stereocenters. The maximum Gasteiger partial charge on any atom is 0.471 e. The van der Waals surface area contributed by atoms with E-state index in [2.05, 4.69) is 10.3 Å². The highest BCUT2D eigenvalue weighted by molar-refractivity contribution is 5.85. The molecular weight excluding hydrogens is 481 g/mol. The molecule has 184 valence electrons. The summed E-state index contributed by atoms with van der Waals surface area (Å²) in [6.07, 6.45) is -7.67. The summed E-state index contributed by atoms with van der Waals surface area (Å²) in [5, 5.41) is 2.85. The largest absolute Gasteiger partial charge is 0.471 e. The number of rotatable bonds is 3. The Bertz CT molecular complexity index is 1300. The first-order valence-electron chi connectivity index (χ1n) is 10.1. The number of amides is 1. The van der Waals surface area contributed by atoms with E-state index < -0.39 is 35.2 Å². The zero-order valence-electron chi connectivity index (χ0n) is 18.2. The van der Waals surface area contributed by atoms with Gasteiger partial charge >= 0.3 is 18.3 Å². The van der Waals surface area contributed by atoms with Gasteiger partial charge in [0.05, 0.1) is 5.56 Å². The minimum Gasteiger partial charge on any atom is -0.339 e. The molecule has 35 heavy (non-hydrogen) atoms. The highest BCUT2D eigenvalue weighted by atomic mass is 19.4. The van der Waals surface area contributed by atoms with Crippen LogP contribution in [-0.2, 0) is 16.5 Å². The van der Waals surface area contributed by atoms with Crippen molar-refractivity contribution in [3.05, 3.63) is 71.9 Å². The van der Waals surface area contributed by atoms with Crippen molar-refractivity contribution in [2.75, 3.05) is 5.32 Å². The predicted molar refractivity (Wildman–Crippen MR) is 114 cm³/mol. The Morgan fingerprint density at radius 1 is 0.971 bits per heavy atom. The first kappa shape index (κ1) is 24.3. The molecule has 0 atom stereocenters. The number of nitrogens with zero attached hydrogens (tertiary/aromatic N) is 3. The summed E-state index contributed by atoms with van der Waals surface area (Å²) in [5.41, 5.74) is -1.99. The van der Waals surface area contributed by atoms with Gasteiger partial charge in [-0.2, -0.15) is 26.3 Å². The number of aromatic nitrogens is 2. The lowest BCUT2D eigenvalue weighted by Gasteiger charge is -2.38. The van der Waals surface area contributed by atoms with Crippen molar-refractivity contribution < 1.29 is 35.5 Å². The third-order valence-corrected chi connectivity index (χ3v) is 5.46. The number of halogens is 7. The van der Waals surface area contributed by atoms with Gasteiger partial charge in [-0.15, -0.1) is 0 Å². The van der Waals surface area contributed by atoms with Crippen molar-refractivity contribution in [2.45, 2.75) is 31.7 Å². The van der Waals surface area contributed by atoms with Crippen LogP contribution in [0, 0.1) is 5.82 Å². The minimum atomic E-state index is -5.14. The molecule has 1 aliphatic heterocycles. The molecule has 0 saturated heterocycles. The van der Waals surface area contributed by atoms with E-state index in [1.807, 2.05) is 0 Å². The van der Waals surface area contributed by atoms with E-state index in [1.165, 1.54) is 42.7 Å². The van der Waals surface area contributed by atoms with Crippen LogP contribution in [0.2, 0.25) is 0 Å². The van der Waals surface area contributed by atoms with E-state index in [1.54, 1.807) is 0 Å². The molecule has 1 N–H and O–H groups in total. The Hall–Kier alpha value is -3.83. The van der Waals surface area contributed by atoms with Gasteiger partial charge in [-0.05, 0) is 56.3 Å². The number of carbonyl (C=O) groups excluding carboxylic acids is 1. The topological polar surface area (TPSA) is 50.2 Å². The lowest BCUT2D eigenvalue weighted by atomic mass is 10.0. The molecular formula is C23H17F7N4O. The SMILES string of the molecule is CC1(C)c2nc(-c3ccc(F)cc3)c(Nc3cccc(C(F)(F)F)c3)n2C=CN1C(=O)C(F)(F)F. The second-order valence-corrected chi connectivity index (χ2v) is 8.24. The molecule has 0 fully saturated rings. The van der Waals surface area contributed by atoms with Gasteiger partial charge in [-0.1, -0.05) is 6.07 Å². The number of imidazole rings is 1. The zero-order valence-corrected chi connectivity index (χ0v) is 18.2. The van der Waals surface area contributed by atoms with Gasteiger partial charge in [0, 0.05) is 23.7 Å². The van der Waals surface area contributed by atoms with E-state index in [-0.39, 0.29) is 23.0 Å². The fourth-order valence-electron chi connectivity index (χ4n) is 3.73. The molecule has 12 heteroatoms. The standard InChI is InChI=1S/C23H17F7N4O/c1-21(2)19-32-17(13-6-8-15(24)9-7-13)18(31-16-5-3-4-14(12-16)22(25,26)27)33(19)10-11-34(21)20(35)23(28,29)30/h3-12,31H,1-2H3. The summed E-state index contributed by atoms with van der Waals surface area (Å²) >= 11 is 0. The molecule has 0 radical (unpaired) electrons. The average Bonchev–Trinajstić information content (AvgIpc) is 3.12. The number of anilines is 2. The van der Waals surface area contributed by atoms with Crippen LogP contribution in [0.3, 0.4) is 0 Å².